The van der Waals surface area contributed by atoms with Gasteiger partial charge in [0.1, 0.15) is 17.7 Å². The molecule has 3 N–H and O–H groups in total. The van der Waals surface area contributed by atoms with Crippen molar-refractivity contribution in [2.24, 2.45) is 12.5 Å². The molecule has 0 aliphatic heterocycles. The van der Waals surface area contributed by atoms with E-state index in [4.69, 9.17) is 4.74 Å². The molecule has 0 fully saturated rings. The van der Waals surface area contributed by atoms with Crippen molar-refractivity contribution < 1.29 is 36.3 Å². The molecular weight excluding hydrogens is 714 g/mol. The minimum absolute atomic E-state index is 0.176. The Morgan fingerprint density at radius 3 is 2.17 bits per heavy atom. The third-order valence-electron chi connectivity index (χ3n) is 8.12. The van der Waals surface area contributed by atoms with Gasteiger partial charge in [0.05, 0.1) is 34.9 Å². The number of hydrogen-bond donors (Lipinski definition) is 3. The number of aromatic nitrogens is 3. The second kappa shape index (κ2) is 15.5. The number of nitrogens with one attached hydrogen (secondary N) is 3. The molecule has 2 heterocycles. The second-order valence-electron chi connectivity index (χ2n) is 13.6. The molecule has 282 valence electrons. The first-order chi connectivity index (χ1) is 24.6. The van der Waals surface area contributed by atoms with Crippen molar-refractivity contribution in [1.29, 1.82) is 0 Å². The number of anilines is 2. The van der Waals surface area contributed by atoms with E-state index >= 15 is 8.78 Å². The van der Waals surface area contributed by atoms with E-state index in [9.17, 15) is 32.4 Å². The Balaban J connectivity index is 1.54. The molecule has 0 bridgehead atoms. The molecule has 17 heteroatoms. The van der Waals surface area contributed by atoms with Crippen molar-refractivity contribution in [3.05, 3.63) is 110 Å². The van der Waals surface area contributed by atoms with Crippen LogP contribution in [-0.4, -0.2) is 52.5 Å². The van der Waals surface area contributed by atoms with Gasteiger partial charge >= 0.3 is 11.7 Å². The van der Waals surface area contributed by atoms with E-state index in [-0.39, 0.29) is 23.7 Å². The molecule has 4 rings (SSSR count). The average molecular weight is 755 g/mol. The van der Waals surface area contributed by atoms with Crippen LogP contribution in [0.2, 0.25) is 0 Å². The van der Waals surface area contributed by atoms with Crippen molar-refractivity contribution in [3.8, 4) is 5.69 Å². The number of carbonyl (C=O) groups is 3. The van der Waals surface area contributed by atoms with Crippen LogP contribution in [0.4, 0.5) is 20.2 Å². The predicted molar refractivity (Wildman–Crippen MR) is 192 cm³/mol. The molecule has 14 nitrogen and oxygen atoms in total. The summed E-state index contributed by atoms with van der Waals surface area (Å²) in [6, 6.07) is 7.93. The number of hydrogen-bond acceptors (Lipinski definition) is 9. The first kappa shape index (κ1) is 40.1. The van der Waals surface area contributed by atoms with Crippen LogP contribution in [-0.2, 0) is 37.8 Å². The van der Waals surface area contributed by atoms with Gasteiger partial charge < -0.3 is 19.9 Å². The van der Waals surface area contributed by atoms with E-state index in [1.807, 2.05) is 4.72 Å². The summed E-state index contributed by atoms with van der Waals surface area (Å²) in [4.78, 5) is 68.0. The highest BCUT2D eigenvalue weighted by atomic mass is 32.2. The monoisotopic (exact) mass is 754 g/mol. The molecule has 2 aromatic heterocycles. The molecule has 0 radical (unpaired) electrons. The molecule has 2 amide bonds. The lowest BCUT2D eigenvalue weighted by Crippen LogP contribution is -2.44. The number of pyridine rings is 1. The topological polar surface area (TPSA) is 188 Å². The molecule has 1 atom stereocenters. The highest BCUT2D eigenvalue weighted by molar-refractivity contribution is 7.92. The Morgan fingerprint density at radius 1 is 0.962 bits per heavy atom. The van der Waals surface area contributed by atoms with E-state index in [0.29, 0.717) is 29.0 Å². The normalized spacial score (nSPS) is 12.3. The maximum absolute atomic E-state index is 15.3. The zero-order valence-electron chi connectivity index (χ0n) is 30.3. The fourth-order valence-corrected chi connectivity index (χ4v) is 5.86. The third-order valence-corrected chi connectivity index (χ3v) is 9.40. The van der Waals surface area contributed by atoms with Gasteiger partial charge in [0.25, 0.3) is 21.5 Å². The van der Waals surface area contributed by atoms with Crippen molar-refractivity contribution in [2.75, 3.05) is 10.0 Å². The fourth-order valence-electron chi connectivity index (χ4n) is 4.87. The standard InChI is InChI=1S/C36H40F2N6O8S/c1-19(2)52-33(47)29(15-22-9-12-24(13-10-22)44-32(46)20(3)21(4)43(8)35(44)49)41-31(45)25-16-27(38)28(17-26(25)37)42-53(50,51)30-14-11-23(18-39-30)40-34(48)36(5,6)7/h9-14,16-19,29,42H,15H2,1-8H3,(H,40,48)(H,41,45)/t29-/m0/s1. The predicted octanol–water partition coefficient (Wildman–Crippen LogP) is 3.90. The van der Waals surface area contributed by atoms with Gasteiger partial charge in [-0.3, -0.25) is 19.1 Å². The summed E-state index contributed by atoms with van der Waals surface area (Å²) >= 11 is 0. The zero-order chi connectivity index (χ0) is 39.6. The van der Waals surface area contributed by atoms with Crippen molar-refractivity contribution in [2.45, 2.75) is 72.1 Å². The fraction of sp³-hybridized carbons (Fsp3) is 0.333. The number of carbonyl (C=O) groups excluding carboxylic acids is 3. The first-order valence-electron chi connectivity index (χ1n) is 16.3. The number of rotatable bonds is 11. The van der Waals surface area contributed by atoms with Gasteiger partial charge in [0, 0.05) is 36.2 Å². The summed E-state index contributed by atoms with van der Waals surface area (Å²) in [5.74, 6) is -5.03. The molecule has 0 saturated heterocycles. The van der Waals surface area contributed by atoms with Crippen LogP contribution in [0, 0.1) is 30.9 Å². The van der Waals surface area contributed by atoms with Gasteiger partial charge in [-0.25, -0.2) is 27.9 Å². The first-order valence-corrected chi connectivity index (χ1v) is 17.8. The van der Waals surface area contributed by atoms with E-state index in [0.717, 1.165) is 16.8 Å². The molecule has 0 unspecified atom stereocenters. The zero-order valence-corrected chi connectivity index (χ0v) is 31.1. The molecule has 0 spiro atoms. The van der Waals surface area contributed by atoms with Crippen molar-refractivity contribution in [1.82, 2.24) is 19.4 Å². The Labute approximate surface area is 304 Å². The molecule has 53 heavy (non-hydrogen) atoms. The quantitative estimate of drug-likeness (QED) is 0.191. The van der Waals surface area contributed by atoms with Gasteiger partial charge in [-0.2, -0.15) is 8.42 Å². The van der Waals surface area contributed by atoms with Crippen LogP contribution in [0.3, 0.4) is 0 Å². The Bertz CT molecular complexity index is 2260. The number of ether oxygens (including phenoxy) is 1. The summed E-state index contributed by atoms with van der Waals surface area (Å²) < 4.78 is 65.8. The molecule has 0 aliphatic rings. The largest absolute Gasteiger partial charge is 0.461 e. The number of amides is 2. The maximum Gasteiger partial charge on any atom is 0.335 e. The highest BCUT2D eigenvalue weighted by Gasteiger charge is 2.28. The van der Waals surface area contributed by atoms with Gasteiger partial charge in [-0.1, -0.05) is 32.9 Å². The lowest BCUT2D eigenvalue weighted by molar-refractivity contribution is -0.149. The third kappa shape index (κ3) is 9.21. The highest BCUT2D eigenvalue weighted by Crippen LogP contribution is 2.24. The molecular formula is C36H40F2N6O8S. The molecule has 0 saturated carbocycles. The van der Waals surface area contributed by atoms with Crippen LogP contribution in [0.5, 0.6) is 0 Å². The van der Waals surface area contributed by atoms with E-state index in [1.54, 1.807) is 55.5 Å². The van der Waals surface area contributed by atoms with Crippen LogP contribution in [0.25, 0.3) is 5.69 Å². The summed E-state index contributed by atoms with van der Waals surface area (Å²) in [5.41, 5.74) is -1.58. The van der Waals surface area contributed by atoms with E-state index in [2.05, 4.69) is 15.6 Å². The average Bonchev–Trinajstić information content (AvgIpc) is 3.07. The van der Waals surface area contributed by atoms with Crippen LogP contribution in [0.1, 0.15) is 61.8 Å². The number of benzene rings is 2. The number of nitrogens with zero attached hydrogens (tertiary/aromatic N) is 3. The van der Waals surface area contributed by atoms with Crippen LogP contribution in [0.15, 0.2) is 69.3 Å². The summed E-state index contributed by atoms with van der Waals surface area (Å²) in [7, 11) is -3.01. The summed E-state index contributed by atoms with van der Waals surface area (Å²) in [6.45, 7) is 11.5. The Morgan fingerprint density at radius 2 is 1.60 bits per heavy atom. The van der Waals surface area contributed by atoms with E-state index in [1.165, 1.54) is 34.9 Å². The van der Waals surface area contributed by atoms with Gasteiger partial charge in [-0.05, 0) is 63.6 Å². The SMILES string of the molecule is Cc1c(C)n(C)c(=O)n(-c2ccc(C[C@H](NC(=O)c3cc(F)c(NS(=O)(=O)c4ccc(NC(=O)C(C)(C)C)cn4)cc3F)C(=O)OC(C)C)cc2)c1=O. The van der Waals surface area contributed by atoms with Crippen molar-refractivity contribution >= 4 is 39.2 Å². The minimum Gasteiger partial charge on any atom is -0.461 e. The van der Waals surface area contributed by atoms with E-state index < -0.39 is 78.6 Å². The van der Waals surface area contributed by atoms with Gasteiger partial charge in [-0.15, -0.1) is 0 Å². The van der Waals surface area contributed by atoms with Gasteiger partial charge in [0.2, 0.25) is 5.91 Å². The number of halogens is 2. The number of esters is 1. The minimum atomic E-state index is -4.55. The lowest BCUT2D eigenvalue weighted by atomic mass is 9.96. The van der Waals surface area contributed by atoms with Crippen molar-refractivity contribution in [3.63, 3.8) is 0 Å². The summed E-state index contributed by atoms with van der Waals surface area (Å²) in [6.07, 6.45) is 0.323. The molecule has 4 aromatic rings. The maximum atomic E-state index is 15.3. The second-order valence-corrected chi connectivity index (χ2v) is 15.2. The Hall–Kier alpha value is -5.71. The smallest absolute Gasteiger partial charge is 0.335 e. The molecule has 0 aliphatic carbocycles. The van der Waals surface area contributed by atoms with Crippen LogP contribution >= 0.6 is 0 Å². The molecule has 2 aromatic carbocycles. The van der Waals surface area contributed by atoms with Crippen LogP contribution < -0.4 is 26.6 Å². The summed E-state index contributed by atoms with van der Waals surface area (Å²) in [5, 5.41) is 4.38. The van der Waals surface area contributed by atoms with Gasteiger partial charge in [0.15, 0.2) is 5.03 Å². The Kier molecular flexibility index (Phi) is 11.7. The lowest BCUT2D eigenvalue weighted by Gasteiger charge is -2.20. The number of sulfonamides is 1.